The lowest BCUT2D eigenvalue weighted by molar-refractivity contribution is 0.426. The molecule has 0 fully saturated rings. The molecule has 2 N–H and O–H groups in total. The molecule has 0 amide bonds. The summed E-state index contributed by atoms with van der Waals surface area (Å²) >= 11 is 0. The molecule has 0 aliphatic carbocycles. The van der Waals surface area contributed by atoms with E-state index in [1.807, 2.05) is 30.3 Å². The van der Waals surface area contributed by atoms with Crippen LogP contribution in [0.3, 0.4) is 0 Å². The van der Waals surface area contributed by atoms with Gasteiger partial charge >= 0.3 is 7.12 Å². The molecule has 0 saturated heterocycles. The number of hydrogen-bond acceptors (Lipinski definition) is 2. The molecule has 0 aromatic heterocycles. The third kappa shape index (κ3) is 6.39. The maximum atomic E-state index is 8.94. The molecule has 2 aromatic carbocycles. The summed E-state index contributed by atoms with van der Waals surface area (Å²) in [5, 5.41) is 20.0. The van der Waals surface area contributed by atoms with Gasteiger partial charge in [0.15, 0.2) is 0 Å². The first-order chi connectivity index (χ1) is 10.7. The minimum atomic E-state index is -1.38. The lowest BCUT2D eigenvalue weighted by Gasteiger charge is -2.23. The van der Waals surface area contributed by atoms with Crippen LogP contribution in [-0.2, 0) is 0 Å². The fourth-order valence-corrected chi connectivity index (χ4v) is 2.14. The van der Waals surface area contributed by atoms with Crippen molar-refractivity contribution in [3.05, 3.63) is 42.5 Å². The summed E-state index contributed by atoms with van der Waals surface area (Å²) < 4.78 is 0. The van der Waals surface area contributed by atoms with E-state index in [0.29, 0.717) is 5.46 Å². The molecular formula is C10H9B11O2. The molecule has 2 aromatic rings. The Morgan fingerprint density at radius 3 is 1.52 bits per heavy atom. The second-order valence-corrected chi connectivity index (χ2v) is 5.29. The predicted molar refractivity (Wildman–Crippen MR) is 111 cm³/mol. The van der Waals surface area contributed by atoms with E-state index in [0.717, 1.165) is 10.8 Å². The van der Waals surface area contributed by atoms with E-state index in [-0.39, 0.29) is 0 Å². The van der Waals surface area contributed by atoms with Crippen LogP contribution in [-0.4, -0.2) is 89.1 Å². The molecule has 23 heavy (non-hydrogen) atoms. The highest BCUT2D eigenvalue weighted by Crippen LogP contribution is 2.10. The Morgan fingerprint density at radius 2 is 1.13 bits per heavy atom. The fourth-order valence-electron chi connectivity index (χ4n) is 2.14. The van der Waals surface area contributed by atoms with Gasteiger partial charge in [0, 0.05) is 72.0 Å². The van der Waals surface area contributed by atoms with Crippen molar-refractivity contribution in [1.29, 1.82) is 0 Å². The number of hydrogen-bond donors (Lipinski definition) is 2. The standard InChI is InChI=1S/C10H9BO2.B10/c12-11(13)10-6-5-8-3-1-2-4-9(8)7-10;1-7(2)10(8(3)4)9(5)6/h1-7,12-13H;. The number of fused-ring (bicyclic) bond motifs is 1. The molecule has 0 saturated carbocycles. The van der Waals surface area contributed by atoms with E-state index in [1.54, 1.807) is 12.1 Å². The van der Waals surface area contributed by atoms with Gasteiger partial charge in [-0.3, -0.25) is 0 Å². The summed E-state index contributed by atoms with van der Waals surface area (Å²) in [7, 11) is 30.4. The molecule has 0 unspecified atom stereocenters. The second kappa shape index (κ2) is 9.59. The van der Waals surface area contributed by atoms with Crippen molar-refractivity contribution in [3.8, 4) is 0 Å². The molecule has 94 valence electrons. The Hall–Kier alpha value is -0.666. The average Bonchev–Trinajstić information content (AvgIpc) is 2.46. The molecule has 2 nitrogen and oxygen atoms in total. The highest BCUT2D eigenvalue weighted by atomic mass is 16.4. The van der Waals surface area contributed by atoms with Crippen LogP contribution in [0.4, 0.5) is 0 Å². The monoisotopic (exact) mass is 282 g/mol. The van der Waals surface area contributed by atoms with Gasteiger partial charge in [0.2, 0.25) is 0 Å². The summed E-state index contributed by atoms with van der Waals surface area (Å²) in [5.74, 6) is 0. The molecule has 13 heteroatoms. The van der Waals surface area contributed by atoms with E-state index < -0.39 is 32.7 Å². The lowest BCUT2D eigenvalue weighted by atomic mass is 8.58. The average molecular weight is 280 g/mol. The molecule has 0 aliphatic heterocycles. The van der Waals surface area contributed by atoms with Crippen molar-refractivity contribution in [3.63, 3.8) is 0 Å². The van der Waals surface area contributed by atoms with Crippen molar-refractivity contribution in [1.82, 2.24) is 0 Å². The lowest BCUT2D eigenvalue weighted by Crippen LogP contribution is -2.62. The Kier molecular flexibility index (Phi) is 8.49. The Morgan fingerprint density at radius 1 is 0.652 bits per heavy atom. The smallest absolute Gasteiger partial charge is 0.423 e. The number of benzene rings is 2. The van der Waals surface area contributed by atoms with E-state index in [1.165, 1.54) is 0 Å². The Bertz CT molecular complexity index is 587. The molecule has 0 heterocycles. The van der Waals surface area contributed by atoms with Crippen LogP contribution in [0.15, 0.2) is 42.5 Å². The van der Waals surface area contributed by atoms with Crippen LogP contribution >= 0.6 is 0 Å². The van der Waals surface area contributed by atoms with Crippen molar-refractivity contribution >= 4 is 95.3 Å². The number of rotatable bonds is 4. The molecule has 0 bridgehead atoms. The topological polar surface area (TPSA) is 40.5 Å². The van der Waals surface area contributed by atoms with Crippen molar-refractivity contribution in [2.45, 2.75) is 0 Å². The minimum Gasteiger partial charge on any atom is -0.423 e. The van der Waals surface area contributed by atoms with Gasteiger partial charge in [-0.1, -0.05) is 42.5 Å². The summed E-state index contributed by atoms with van der Waals surface area (Å²) in [5.41, 5.74) is 0.527. The molecule has 2 rings (SSSR count). The van der Waals surface area contributed by atoms with Gasteiger partial charge < -0.3 is 10.0 Å². The van der Waals surface area contributed by atoms with E-state index in [2.05, 4.69) is 0 Å². The van der Waals surface area contributed by atoms with Gasteiger partial charge in [0.05, 0.1) is 0 Å². The van der Waals surface area contributed by atoms with Crippen LogP contribution in [0.2, 0.25) is 0 Å². The van der Waals surface area contributed by atoms with Gasteiger partial charge in [0.1, 0.15) is 0 Å². The first kappa shape index (κ1) is 20.4. The largest absolute Gasteiger partial charge is 0.488 e. The van der Waals surface area contributed by atoms with Crippen LogP contribution in [0.5, 0.6) is 0 Å². The van der Waals surface area contributed by atoms with Crippen LogP contribution < -0.4 is 5.46 Å². The molecule has 0 atom stereocenters. The summed E-state index contributed by atoms with van der Waals surface area (Å²) in [4.78, 5) is 0. The maximum Gasteiger partial charge on any atom is 0.488 e. The SMILES string of the molecule is OB(O)c1ccc2ccccc2c1.[B]B([B])B(B([B])[B])B([B])[B]. The van der Waals surface area contributed by atoms with E-state index in [4.69, 9.17) is 56.5 Å². The third-order valence-corrected chi connectivity index (χ3v) is 3.40. The highest BCUT2D eigenvalue weighted by Gasteiger charge is 2.24. The highest BCUT2D eigenvalue weighted by molar-refractivity contribution is 8.00. The summed E-state index contributed by atoms with van der Waals surface area (Å²) in [6.07, 6.45) is -2.44. The van der Waals surface area contributed by atoms with Crippen molar-refractivity contribution in [2.24, 2.45) is 0 Å². The van der Waals surface area contributed by atoms with E-state index in [9.17, 15) is 0 Å². The van der Waals surface area contributed by atoms with Gasteiger partial charge in [-0.05, 0) is 16.2 Å². The van der Waals surface area contributed by atoms with Crippen molar-refractivity contribution < 1.29 is 10.0 Å². The van der Waals surface area contributed by atoms with Crippen molar-refractivity contribution in [2.75, 3.05) is 0 Å². The summed E-state index contributed by atoms with van der Waals surface area (Å²) in [6.45, 7) is 0. The first-order valence-corrected chi connectivity index (χ1v) is 7.12. The third-order valence-electron chi connectivity index (χ3n) is 3.40. The first-order valence-electron chi connectivity index (χ1n) is 7.12. The zero-order valence-electron chi connectivity index (χ0n) is 12.8. The van der Waals surface area contributed by atoms with Gasteiger partial charge in [-0.15, -0.1) is 0 Å². The van der Waals surface area contributed by atoms with Gasteiger partial charge in [0.25, 0.3) is 0 Å². The normalized spacial score (nSPS) is 9.48. The molecule has 12 radical (unpaired) electrons. The van der Waals surface area contributed by atoms with Crippen LogP contribution in [0, 0.1) is 0 Å². The van der Waals surface area contributed by atoms with E-state index >= 15 is 0 Å². The van der Waals surface area contributed by atoms with Gasteiger partial charge in [-0.2, -0.15) is 0 Å². The van der Waals surface area contributed by atoms with Crippen LogP contribution in [0.1, 0.15) is 0 Å². The molecule has 0 spiro atoms. The second-order valence-electron chi connectivity index (χ2n) is 5.29. The zero-order chi connectivity index (χ0) is 17.6. The maximum absolute atomic E-state index is 8.94. The minimum absolute atomic E-state index is 0.444. The van der Waals surface area contributed by atoms with Gasteiger partial charge in [-0.25, -0.2) is 0 Å². The quantitative estimate of drug-likeness (QED) is 0.576. The van der Waals surface area contributed by atoms with Crippen LogP contribution in [0.25, 0.3) is 10.8 Å². The predicted octanol–water partition coefficient (Wildman–Crippen LogP) is -3.29. The Labute approximate surface area is 148 Å². The fraction of sp³-hybridized carbons (Fsp3) is 0. The molecular weight excluding hydrogens is 271 g/mol. The summed E-state index contributed by atoms with van der Waals surface area (Å²) in [6, 6.07) is 13.2. The Balaban J connectivity index is 0.000000241. The zero-order valence-corrected chi connectivity index (χ0v) is 12.8. The molecule has 0 aliphatic rings.